The van der Waals surface area contributed by atoms with Gasteiger partial charge in [0, 0.05) is 17.8 Å². The third kappa shape index (κ3) is 3.15. The summed E-state index contributed by atoms with van der Waals surface area (Å²) in [5.41, 5.74) is 9.48. The summed E-state index contributed by atoms with van der Waals surface area (Å²) in [6.07, 6.45) is 0. The molecule has 0 aliphatic carbocycles. The van der Waals surface area contributed by atoms with E-state index >= 15 is 0 Å². The largest absolute Gasteiger partial charge is 0.381 e. The molecule has 0 bridgehead atoms. The van der Waals surface area contributed by atoms with Crippen LogP contribution in [-0.4, -0.2) is 5.91 Å². The quantitative estimate of drug-likeness (QED) is 0.898. The smallest absolute Gasteiger partial charge is 0.248 e. The summed E-state index contributed by atoms with van der Waals surface area (Å²) in [6, 6.07) is 9.96. The number of benzene rings is 2. The van der Waals surface area contributed by atoms with E-state index in [0.29, 0.717) is 12.1 Å². The summed E-state index contributed by atoms with van der Waals surface area (Å²) in [5, 5.41) is 3.24. The fraction of sp³-hybridized carbons (Fsp3) is 0.188. The molecule has 3 nitrogen and oxygen atoms in total. The summed E-state index contributed by atoms with van der Waals surface area (Å²) >= 11 is 0. The van der Waals surface area contributed by atoms with Crippen molar-refractivity contribution in [1.29, 1.82) is 0 Å². The van der Waals surface area contributed by atoms with E-state index in [-0.39, 0.29) is 5.82 Å². The third-order valence-corrected chi connectivity index (χ3v) is 3.29. The minimum absolute atomic E-state index is 0.242. The molecule has 0 atom stereocenters. The van der Waals surface area contributed by atoms with E-state index in [1.54, 1.807) is 18.2 Å². The van der Waals surface area contributed by atoms with E-state index in [2.05, 4.69) is 5.32 Å². The molecule has 0 heterocycles. The van der Waals surface area contributed by atoms with Crippen LogP contribution in [0.1, 0.15) is 27.0 Å². The number of carbonyl (C=O) groups is 1. The maximum atomic E-state index is 13.2. The van der Waals surface area contributed by atoms with Crippen molar-refractivity contribution < 1.29 is 9.18 Å². The molecule has 2 aromatic carbocycles. The number of nitrogens with one attached hydrogen (secondary N) is 1. The lowest BCUT2D eigenvalue weighted by Crippen LogP contribution is -2.11. The highest BCUT2D eigenvalue weighted by atomic mass is 19.1. The van der Waals surface area contributed by atoms with Crippen molar-refractivity contribution in [1.82, 2.24) is 0 Å². The van der Waals surface area contributed by atoms with Gasteiger partial charge in [-0.1, -0.05) is 6.07 Å². The number of aryl methyl sites for hydroxylation is 2. The Hall–Kier alpha value is -2.36. The second-order valence-corrected chi connectivity index (χ2v) is 4.82. The Morgan fingerprint density at radius 2 is 1.90 bits per heavy atom. The molecular formula is C16H17FN2O. The van der Waals surface area contributed by atoms with Crippen LogP contribution in [-0.2, 0) is 6.54 Å². The van der Waals surface area contributed by atoms with Gasteiger partial charge in [0.25, 0.3) is 0 Å². The normalized spacial score (nSPS) is 10.3. The number of halogens is 1. The fourth-order valence-corrected chi connectivity index (χ4v) is 2.04. The van der Waals surface area contributed by atoms with Crippen molar-refractivity contribution in [2.24, 2.45) is 5.73 Å². The zero-order valence-corrected chi connectivity index (χ0v) is 11.5. The Morgan fingerprint density at radius 1 is 1.15 bits per heavy atom. The van der Waals surface area contributed by atoms with E-state index in [1.165, 1.54) is 12.1 Å². The van der Waals surface area contributed by atoms with Gasteiger partial charge < -0.3 is 11.1 Å². The highest BCUT2D eigenvalue weighted by Gasteiger charge is 2.05. The van der Waals surface area contributed by atoms with Gasteiger partial charge in [-0.3, -0.25) is 4.79 Å². The average molecular weight is 272 g/mol. The summed E-state index contributed by atoms with van der Waals surface area (Å²) in [7, 11) is 0. The number of nitrogens with two attached hydrogens (primary N) is 1. The molecule has 0 unspecified atom stereocenters. The maximum absolute atomic E-state index is 13.2. The molecule has 3 N–H and O–H groups in total. The number of hydrogen-bond donors (Lipinski definition) is 2. The van der Waals surface area contributed by atoms with Crippen LogP contribution in [0, 0.1) is 19.7 Å². The summed E-state index contributed by atoms with van der Waals surface area (Å²) in [6.45, 7) is 4.37. The van der Waals surface area contributed by atoms with E-state index in [9.17, 15) is 9.18 Å². The summed E-state index contributed by atoms with van der Waals surface area (Å²) in [5.74, 6) is -0.686. The van der Waals surface area contributed by atoms with Crippen molar-refractivity contribution in [3.05, 3.63) is 64.5 Å². The topological polar surface area (TPSA) is 55.1 Å². The van der Waals surface area contributed by atoms with Gasteiger partial charge in [0.2, 0.25) is 5.91 Å². The zero-order chi connectivity index (χ0) is 14.7. The van der Waals surface area contributed by atoms with E-state index in [1.807, 2.05) is 19.9 Å². The van der Waals surface area contributed by atoms with Gasteiger partial charge in [-0.05, 0) is 60.9 Å². The molecule has 2 aromatic rings. The van der Waals surface area contributed by atoms with Crippen molar-refractivity contribution >= 4 is 11.6 Å². The monoisotopic (exact) mass is 272 g/mol. The fourth-order valence-electron chi connectivity index (χ4n) is 2.04. The molecule has 20 heavy (non-hydrogen) atoms. The van der Waals surface area contributed by atoms with Gasteiger partial charge in [0.05, 0.1) is 0 Å². The van der Waals surface area contributed by atoms with Crippen LogP contribution in [0.4, 0.5) is 10.1 Å². The van der Waals surface area contributed by atoms with E-state index in [4.69, 9.17) is 5.73 Å². The highest BCUT2D eigenvalue weighted by Crippen LogP contribution is 2.18. The lowest BCUT2D eigenvalue weighted by molar-refractivity contribution is 0.1000. The summed E-state index contributed by atoms with van der Waals surface area (Å²) in [4.78, 5) is 11.1. The zero-order valence-electron chi connectivity index (χ0n) is 11.5. The first-order chi connectivity index (χ1) is 9.47. The number of rotatable bonds is 4. The van der Waals surface area contributed by atoms with Crippen LogP contribution in [0.25, 0.3) is 0 Å². The SMILES string of the molecule is Cc1ccc(F)cc1CNc1ccc(C(N)=O)cc1C. The van der Waals surface area contributed by atoms with Crippen LogP contribution < -0.4 is 11.1 Å². The molecule has 4 heteroatoms. The lowest BCUT2D eigenvalue weighted by Gasteiger charge is -2.12. The van der Waals surface area contributed by atoms with Gasteiger partial charge in [0.1, 0.15) is 5.82 Å². The highest BCUT2D eigenvalue weighted by molar-refractivity contribution is 5.93. The van der Waals surface area contributed by atoms with Gasteiger partial charge in [0.15, 0.2) is 0 Å². The van der Waals surface area contributed by atoms with Gasteiger partial charge in [-0.25, -0.2) is 4.39 Å². The molecule has 0 aliphatic rings. The molecule has 0 fully saturated rings. The van der Waals surface area contributed by atoms with Crippen molar-refractivity contribution in [2.75, 3.05) is 5.32 Å². The van der Waals surface area contributed by atoms with Gasteiger partial charge in [-0.2, -0.15) is 0 Å². The number of hydrogen-bond acceptors (Lipinski definition) is 2. The second kappa shape index (κ2) is 5.74. The van der Waals surface area contributed by atoms with Crippen molar-refractivity contribution in [2.45, 2.75) is 20.4 Å². The van der Waals surface area contributed by atoms with Crippen LogP contribution >= 0.6 is 0 Å². The molecule has 0 aromatic heterocycles. The molecule has 2 rings (SSSR count). The second-order valence-electron chi connectivity index (χ2n) is 4.82. The van der Waals surface area contributed by atoms with Crippen LogP contribution in [0.15, 0.2) is 36.4 Å². The summed E-state index contributed by atoms with van der Waals surface area (Å²) < 4.78 is 13.2. The Labute approximate surface area is 117 Å². The average Bonchev–Trinajstić information content (AvgIpc) is 2.40. The van der Waals surface area contributed by atoms with Crippen LogP contribution in [0.5, 0.6) is 0 Å². The maximum Gasteiger partial charge on any atom is 0.248 e. The molecule has 1 amide bonds. The van der Waals surface area contributed by atoms with E-state index in [0.717, 1.165) is 22.4 Å². The number of carbonyl (C=O) groups excluding carboxylic acids is 1. The minimum atomic E-state index is -0.444. The molecule has 0 saturated heterocycles. The Morgan fingerprint density at radius 3 is 2.55 bits per heavy atom. The standard InChI is InChI=1S/C16H17FN2O/c1-10-3-5-14(17)8-13(10)9-19-15-6-4-12(16(18)20)7-11(15)2/h3-8,19H,9H2,1-2H3,(H2,18,20). The first-order valence-electron chi connectivity index (χ1n) is 6.36. The number of primary amides is 1. The van der Waals surface area contributed by atoms with Crippen molar-refractivity contribution in [3.8, 4) is 0 Å². The van der Waals surface area contributed by atoms with Gasteiger partial charge >= 0.3 is 0 Å². The molecule has 0 saturated carbocycles. The Balaban J connectivity index is 2.15. The predicted octanol–water partition coefficient (Wildman–Crippen LogP) is 3.15. The molecule has 0 radical (unpaired) electrons. The Bertz CT molecular complexity index is 653. The first kappa shape index (κ1) is 14.1. The molecular weight excluding hydrogens is 255 g/mol. The first-order valence-corrected chi connectivity index (χ1v) is 6.36. The van der Waals surface area contributed by atoms with Crippen molar-refractivity contribution in [3.63, 3.8) is 0 Å². The number of amides is 1. The van der Waals surface area contributed by atoms with E-state index < -0.39 is 5.91 Å². The minimum Gasteiger partial charge on any atom is -0.381 e. The Kier molecular flexibility index (Phi) is 4.03. The third-order valence-electron chi connectivity index (χ3n) is 3.29. The lowest BCUT2D eigenvalue weighted by atomic mass is 10.1. The van der Waals surface area contributed by atoms with Crippen LogP contribution in [0.3, 0.4) is 0 Å². The van der Waals surface area contributed by atoms with Crippen LogP contribution in [0.2, 0.25) is 0 Å². The molecule has 104 valence electrons. The van der Waals surface area contributed by atoms with Gasteiger partial charge in [-0.15, -0.1) is 0 Å². The predicted molar refractivity (Wildman–Crippen MR) is 78.2 cm³/mol. The molecule has 0 aliphatic heterocycles. The molecule has 0 spiro atoms. The number of anilines is 1.